The van der Waals surface area contributed by atoms with Crippen molar-refractivity contribution in [2.45, 2.75) is 52.3 Å². The summed E-state index contributed by atoms with van der Waals surface area (Å²) in [6.45, 7) is 7.96. The first-order valence-electron chi connectivity index (χ1n) is 8.44. The molecule has 138 valence electrons. The lowest BCUT2D eigenvalue weighted by molar-refractivity contribution is -0.155. The normalized spacial score (nSPS) is 14.9. The molecule has 0 unspecified atom stereocenters. The van der Waals surface area contributed by atoms with Gasteiger partial charge in [0, 0.05) is 42.7 Å². The number of carbonyl (C=O) groups is 1. The Morgan fingerprint density at radius 1 is 1.32 bits per heavy atom. The molecule has 25 heavy (non-hydrogen) atoms. The Morgan fingerprint density at radius 2 is 2.04 bits per heavy atom. The fraction of sp³-hybridized carbons (Fsp3) is 0.526. The van der Waals surface area contributed by atoms with Crippen molar-refractivity contribution in [2.24, 2.45) is 0 Å². The van der Waals surface area contributed by atoms with Crippen molar-refractivity contribution in [3.05, 3.63) is 35.3 Å². The Morgan fingerprint density at radius 3 is 2.72 bits per heavy atom. The quantitative estimate of drug-likeness (QED) is 0.770. The van der Waals surface area contributed by atoms with Crippen LogP contribution in [0.1, 0.15) is 38.4 Å². The van der Waals surface area contributed by atoms with Gasteiger partial charge in [-0.05, 0) is 51.6 Å². The molecular formula is C19H26ClFN2O2. The van der Waals surface area contributed by atoms with Crippen molar-refractivity contribution < 1.29 is 13.9 Å². The lowest BCUT2D eigenvalue weighted by Crippen LogP contribution is -2.28. The third-order valence-corrected chi connectivity index (χ3v) is 4.37. The van der Waals surface area contributed by atoms with Crippen molar-refractivity contribution in [3.8, 4) is 0 Å². The number of halogens is 2. The molecule has 0 atom stereocenters. The molecule has 0 radical (unpaired) electrons. The summed E-state index contributed by atoms with van der Waals surface area (Å²) >= 11 is 0. The molecule has 0 amide bonds. The molecule has 2 heterocycles. The molecule has 0 N–H and O–H groups in total. The van der Waals surface area contributed by atoms with E-state index < -0.39 is 5.60 Å². The highest BCUT2D eigenvalue weighted by Gasteiger charge is 2.23. The maximum atomic E-state index is 13.7. The molecule has 6 heteroatoms. The standard InChI is InChI=1S/C19H25FN2O2.ClH/c1-19(2,3)24-18(23)8-10-22-16-6-5-13(20)11-14(16)15-12-21(4)9-7-17(15)22;/h5-6,11H,7-10,12H2,1-4H3;1H. The number of rotatable bonds is 3. The van der Waals surface area contributed by atoms with E-state index in [1.165, 1.54) is 17.3 Å². The lowest BCUT2D eigenvalue weighted by Gasteiger charge is -2.24. The van der Waals surface area contributed by atoms with Crippen molar-refractivity contribution in [2.75, 3.05) is 13.6 Å². The number of nitrogens with zero attached hydrogens (tertiary/aromatic N) is 2. The zero-order valence-corrected chi connectivity index (χ0v) is 16.1. The summed E-state index contributed by atoms with van der Waals surface area (Å²) in [5.74, 6) is -0.420. The average Bonchev–Trinajstić information content (AvgIpc) is 2.76. The molecule has 1 aromatic carbocycles. The summed E-state index contributed by atoms with van der Waals surface area (Å²) in [4.78, 5) is 14.3. The number of fused-ring (bicyclic) bond motifs is 3. The van der Waals surface area contributed by atoms with Crippen molar-refractivity contribution in [1.29, 1.82) is 0 Å². The largest absolute Gasteiger partial charge is 0.460 e. The van der Waals surface area contributed by atoms with Crippen LogP contribution in [0.15, 0.2) is 18.2 Å². The summed E-state index contributed by atoms with van der Waals surface area (Å²) in [5.41, 5.74) is 2.93. The number of aromatic nitrogens is 1. The lowest BCUT2D eigenvalue weighted by atomic mass is 10.0. The zero-order chi connectivity index (χ0) is 17.5. The van der Waals surface area contributed by atoms with Gasteiger partial charge in [0.15, 0.2) is 0 Å². The second-order valence-electron chi connectivity index (χ2n) is 7.56. The van der Waals surface area contributed by atoms with E-state index >= 15 is 0 Å². The third kappa shape index (κ3) is 4.33. The van der Waals surface area contributed by atoms with Gasteiger partial charge in [-0.2, -0.15) is 0 Å². The number of carbonyl (C=O) groups excluding carboxylic acids is 1. The van der Waals surface area contributed by atoms with Crippen LogP contribution in [0.2, 0.25) is 0 Å². The Kier molecular flexibility index (Phi) is 5.79. The highest BCUT2D eigenvalue weighted by molar-refractivity contribution is 5.86. The fourth-order valence-corrected chi connectivity index (χ4v) is 3.41. The van der Waals surface area contributed by atoms with Crippen LogP contribution in [0.25, 0.3) is 10.9 Å². The van der Waals surface area contributed by atoms with Crippen LogP contribution < -0.4 is 0 Å². The molecule has 0 saturated heterocycles. The van der Waals surface area contributed by atoms with Gasteiger partial charge < -0.3 is 14.2 Å². The van der Waals surface area contributed by atoms with E-state index in [-0.39, 0.29) is 24.2 Å². The predicted molar refractivity (Wildman–Crippen MR) is 99.6 cm³/mol. The van der Waals surface area contributed by atoms with Gasteiger partial charge >= 0.3 is 5.97 Å². The van der Waals surface area contributed by atoms with Gasteiger partial charge in [0.2, 0.25) is 0 Å². The second kappa shape index (κ2) is 7.34. The molecule has 4 nitrogen and oxygen atoms in total. The summed E-state index contributed by atoms with van der Waals surface area (Å²) in [6, 6.07) is 4.91. The number of likely N-dealkylation sites (N-methyl/N-ethyl adjacent to an activating group) is 1. The van der Waals surface area contributed by atoms with E-state index in [0.29, 0.717) is 13.0 Å². The van der Waals surface area contributed by atoms with E-state index in [4.69, 9.17) is 4.74 Å². The molecular weight excluding hydrogens is 343 g/mol. The van der Waals surface area contributed by atoms with Crippen LogP contribution in [-0.4, -0.2) is 34.6 Å². The minimum Gasteiger partial charge on any atom is -0.460 e. The maximum absolute atomic E-state index is 13.7. The number of hydrogen-bond acceptors (Lipinski definition) is 3. The van der Waals surface area contributed by atoms with Gasteiger partial charge in [0.1, 0.15) is 11.4 Å². The van der Waals surface area contributed by atoms with E-state index in [0.717, 1.165) is 30.4 Å². The second-order valence-corrected chi connectivity index (χ2v) is 7.56. The van der Waals surface area contributed by atoms with Gasteiger partial charge in [-0.25, -0.2) is 4.39 Å². The molecule has 0 aliphatic carbocycles. The van der Waals surface area contributed by atoms with Gasteiger partial charge in [-0.15, -0.1) is 12.4 Å². The smallest absolute Gasteiger partial charge is 0.308 e. The van der Waals surface area contributed by atoms with Gasteiger partial charge in [0.05, 0.1) is 6.42 Å². The number of aryl methyl sites for hydroxylation is 1. The van der Waals surface area contributed by atoms with Crippen LogP contribution in [0.5, 0.6) is 0 Å². The fourth-order valence-electron chi connectivity index (χ4n) is 3.41. The Hall–Kier alpha value is -1.59. The number of ether oxygens (including phenoxy) is 1. The first-order chi connectivity index (χ1) is 11.2. The van der Waals surface area contributed by atoms with Crippen molar-refractivity contribution in [1.82, 2.24) is 9.47 Å². The average molecular weight is 369 g/mol. The Labute approximate surface area is 154 Å². The molecule has 0 saturated carbocycles. The molecule has 2 aromatic rings. The van der Waals surface area contributed by atoms with E-state index in [1.807, 2.05) is 26.8 Å². The topological polar surface area (TPSA) is 34.5 Å². The summed E-state index contributed by atoms with van der Waals surface area (Å²) in [7, 11) is 2.08. The Bertz CT molecular complexity index is 780. The van der Waals surface area contributed by atoms with E-state index in [1.54, 1.807) is 6.07 Å². The predicted octanol–water partition coefficient (Wildman–Crippen LogP) is 3.92. The van der Waals surface area contributed by atoms with Gasteiger partial charge in [-0.1, -0.05) is 0 Å². The molecule has 1 aliphatic rings. The number of benzene rings is 1. The summed E-state index contributed by atoms with van der Waals surface area (Å²) in [6.07, 6.45) is 1.23. The van der Waals surface area contributed by atoms with E-state index in [2.05, 4.69) is 16.5 Å². The first kappa shape index (κ1) is 19.7. The number of hydrogen-bond donors (Lipinski definition) is 0. The van der Waals surface area contributed by atoms with Crippen molar-refractivity contribution >= 4 is 29.3 Å². The van der Waals surface area contributed by atoms with E-state index in [9.17, 15) is 9.18 Å². The molecule has 0 fully saturated rings. The van der Waals surface area contributed by atoms with Gasteiger partial charge in [0.25, 0.3) is 0 Å². The molecule has 0 bridgehead atoms. The van der Waals surface area contributed by atoms with Crippen LogP contribution >= 0.6 is 12.4 Å². The molecule has 1 aromatic heterocycles. The monoisotopic (exact) mass is 368 g/mol. The van der Waals surface area contributed by atoms with Gasteiger partial charge in [-0.3, -0.25) is 4.79 Å². The SMILES string of the molecule is CN1CCc2c(c3cc(F)ccc3n2CCC(=O)OC(C)(C)C)C1.Cl. The Balaban J connectivity index is 0.00000225. The third-order valence-electron chi connectivity index (χ3n) is 4.37. The zero-order valence-electron chi connectivity index (χ0n) is 15.3. The minimum absolute atomic E-state index is 0. The first-order valence-corrected chi connectivity index (χ1v) is 8.44. The minimum atomic E-state index is -0.471. The summed E-state index contributed by atoms with van der Waals surface area (Å²) < 4.78 is 21.3. The van der Waals surface area contributed by atoms with Crippen LogP contribution in [0, 0.1) is 5.82 Å². The van der Waals surface area contributed by atoms with Crippen LogP contribution in [0.4, 0.5) is 4.39 Å². The molecule has 3 rings (SSSR count). The maximum Gasteiger partial charge on any atom is 0.308 e. The summed E-state index contributed by atoms with van der Waals surface area (Å²) in [5, 5.41) is 0.959. The van der Waals surface area contributed by atoms with Crippen molar-refractivity contribution in [3.63, 3.8) is 0 Å². The highest BCUT2D eigenvalue weighted by atomic mass is 35.5. The highest BCUT2D eigenvalue weighted by Crippen LogP contribution is 2.31. The van der Waals surface area contributed by atoms with Crippen LogP contribution in [-0.2, 0) is 29.0 Å². The van der Waals surface area contributed by atoms with Crippen LogP contribution in [0.3, 0.4) is 0 Å². The molecule has 0 spiro atoms. The number of esters is 1. The molecule has 1 aliphatic heterocycles.